The highest BCUT2D eigenvalue weighted by atomic mass is 35.5. The third-order valence-electron chi connectivity index (χ3n) is 2.75. The largest absolute Gasteiger partial charge is 0.385 e. The number of methoxy groups -OCH3 is 1. The van der Waals surface area contributed by atoms with Gasteiger partial charge in [-0.1, -0.05) is 29.3 Å². The summed E-state index contributed by atoms with van der Waals surface area (Å²) in [5.41, 5.74) is 3.41. The molecule has 0 spiro atoms. The number of hydrogen-bond donors (Lipinski definition) is 2. The molecule has 0 atom stereocenters. The zero-order chi connectivity index (χ0) is 17.2. The molecule has 0 fully saturated rings. The van der Waals surface area contributed by atoms with Gasteiger partial charge >= 0.3 is 0 Å². The van der Waals surface area contributed by atoms with Gasteiger partial charge in [0.05, 0.1) is 10.0 Å². The highest BCUT2D eigenvalue weighted by Gasteiger charge is 2.05. The lowest BCUT2D eigenvalue weighted by molar-refractivity contribution is -0.119. The zero-order valence-electron chi connectivity index (χ0n) is 12.9. The second-order valence-corrected chi connectivity index (χ2v) is 5.82. The first-order chi connectivity index (χ1) is 10.9. The molecular formula is C15H19Cl2N3O2S. The number of thiocarbonyl (C=S) groups is 1. The normalized spacial score (nSPS) is 10.6. The number of ether oxygens (including phenoxy) is 1. The summed E-state index contributed by atoms with van der Waals surface area (Å²) in [4.78, 5) is 11.9. The van der Waals surface area contributed by atoms with Crippen molar-refractivity contribution >= 4 is 52.5 Å². The van der Waals surface area contributed by atoms with Crippen LogP contribution >= 0.6 is 35.4 Å². The Morgan fingerprint density at radius 2 is 2.13 bits per heavy atom. The Hall–Kier alpha value is -1.34. The van der Waals surface area contributed by atoms with Gasteiger partial charge in [0.2, 0.25) is 0 Å². The molecule has 0 heterocycles. The second kappa shape index (κ2) is 10.4. The van der Waals surface area contributed by atoms with Crippen LogP contribution in [-0.4, -0.2) is 43.3 Å². The van der Waals surface area contributed by atoms with E-state index in [2.05, 4.69) is 10.7 Å². The third kappa shape index (κ3) is 7.65. The highest BCUT2D eigenvalue weighted by molar-refractivity contribution is 7.80. The predicted molar refractivity (Wildman–Crippen MR) is 98.5 cm³/mol. The van der Waals surface area contributed by atoms with Crippen LogP contribution in [0.2, 0.25) is 10.0 Å². The van der Waals surface area contributed by atoms with E-state index < -0.39 is 0 Å². The SMILES string of the molecule is COCCCNC(=S)N(C)NC(=O)/C=C/c1ccc(Cl)c(Cl)c1. The molecular weight excluding hydrogens is 357 g/mol. The van der Waals surface area contributed by atoms with E-state index in [-0.39, 0.29) is 5.91 Å². The molecule has 1 amide bonds. The fourth-order valence-electron chi connectivity index (χ4n) is 1.57. The summed E-state index contributed by atoms with van der Waals surface area (Å²) >= 11 is 16.9. The van der Waals surface area contributed by atoms with E-state index in [9.17, 15) is 4.79 Å². The fourth-order valence-corrected chi connectivity index (χ4v) is 2.03. The molecule has 5 nitrogen and oxygen atoms in total. The minimum Gasteiger partial charge on any atom is -0.385 e. The van der Waals surface area contributed by atoms with Crippen molar-refractivity contribution in [1.82, 2.24) is 15.8 Å². The number of carbonyl (C=O) groups excluding carboxylic acids is 1. The lowest BCUT2D eigenvalue weighted by atomic mass is 10.2. The number of nitrogens with one attached hydrogen (secondary N) is 2. The lowest BCUT2D eigenvalue weighted by Gasteiger charge is -2.20. The van der Waals surface area contributed by atoms with Gasteiger partial charge in [0, 0.05) is 33.4 Å². The Morgan fingerprint density at radius 1 is 1.39 bits per heavy atom. The standard InChI is InChI=1S/C15H19Cl2N3O2S/c1-20(15(23)18-8-3-9-22-2)19-14(21)7-5-11-4-6-12(16)13(17)10-11/h4-7,10H,3,8-9H2,1-2H3,(H,18,23)(H,19,21)/b7-5+. The van der Waals surface area contributed by atoms with Crippen molar-refractivity contribution in [3.05, 3.63) is 39.9 Å². The van der Waals surface area contributed by atoms with Crippen molar-refractivity contribution in [1.29, 1.82) is 0 Å². The molecule has 0 bridgehead atoms. The summed E-state index contributed by atoms with van der Waals surface area (Å²) in [5, 5.41) is 5.80. The molecule has 0 aromatic heterocycles. The molecule has 0 saturated heterocycles. The van der Waals surface area contributed by atoms with Gasteiger partial charge in [-0.25, -0.2) is 0 Å². The molecule has 1 aromatic rings. The zero-order valence-corrected chi connectivity index (χ0v) is 15.3. The maximum Gasteiger partial charge on any atom is 0.262 e. The molecule has 2 N–H and O–H groups in total. The number of nitrogens with zero attached hydrogens (tertiary/aromatic N) is 1. The van der Waals surface area contributed by atoms with E-state index in [1.165, 1.54) is 11.1 Å². The molecule has 0 saturated carbocycles. The van der Waals surface area contributed by atoms with Gasteiger partial charge in [-0.15, -0.1) is 0 Å². The van der Waals surface area contributed by atoms with E-state index in [1.54, 1.807) is 38.4 Å². The first-order valence-corrected chi connectivity index (χ1v) is 8.04. The minimum atomic E-state index is -0.306. The number of carbonyl (C=O) groups is 1. The number of benzene rings is 1. The monoisotopic (exact) mass is 375 g/mol. The predicted octanol–water partition coefficient (Wildman–Crippen LogP) is 2.88. The average Bonchev–Trinajstić information content (AvgIpc) is 2.52. The third-order valence-corrected chi connectivity index (χ3v) is 3.91. The van der Waals surface area contributed by atoms with E-state index in [1.807, 2.05) is 0 Å². The van der Waals surface area contributed by atoms with Crippen molar-refractivity contribution in [2.24, 2.45) is 0 Å². The van der Waals surface area contributed by atoms with Crippen molar-refractivity contribution in [2.45, 2.75) is 6.42 Å². The fraction of sp³-hybridized carbons (Fsp3) is 0.333. The van der Waals surface area contributed by atoms with Gasteiger partial charge in [-0.3, -0.25) is 15.2 Å². The summed E-state index contributed by atoms with van der Waals surface area (Å²) in [5.74, 6) is -0.306. The van der Waals surface area contributed by atoms with Crippen molar-refractivity contribution in [3.8, 4) is 0 Å². The van der Waals surface area contributed by atoms with Crippen LogP contribution in [0.4, 0.5) is 0 Å². The summed E-state index contributed by atoms with van der Waals surface area (Å²) in [6, 6.07) is 5.12. The van der Waals surface area contributed by atoms with Crippen molar-refractivity contribution in [3.63, 3.8) is 0 Å². The second-order valence-electron chi connectivity index (χ2n) is 4.62. The van der Waals surface area contributed by atoms with Crippen LogP contribution < -0.4 is 10.7 Å². The van der Waals surface area contributed by atoms with Gasteiger partial charge in [0.15, 0.2) is 5.11 Å². The molecule has 0 aliphatic rings. The summed E-state index contributed by atoms with van der Waals surface area (Å²) in [7, 11) is 3.31. The molecule has 0 aliphatic carbocycles. The van der Waals surface area contributed by atoms with Crippen LogP contribution in [0.3, 0.4) is 0 Å². The first kappa shape index (κ1) is 19.7. The molecule has 0 unspecified atom stereocenters. The van der Waals surface area contributed by atoms with E-state index in [0.717, 1.165) is 12.0 Å². The Morgan fingerprint density at radius 3 is 2.78 bits per heavy atom. The Labute approximate surface area is 151 Å². The van der Waals surface area contributed by atoms with Crippen LogP contribution in [0.25, 0.3) is 6.08 Å². The minimum absolute atomic E-state index is 0.306. The van der Waals surface area contributed by atoms with Gasteiger partial charge in [0.25, 0.3) is 5.91 Å². The number of halogens is 2. The van der Waals surface area contributed by atoms with Crippen molar-refractivity contribution in [2.75, 3.05) is 27.3 Å². The van der Waals surface area contributed by atoms with Crippen LogP contribution in [0.5, 0.6) is 0 Å². The van der Waals surface area contributed by atoms with E-state index in [4.69, 9.17) is 40.2 Å². The van der Waals surface area contributed by atoms with Gasteiger partial charge < -0.3 is 10.1 Å². The summed E-state index contributed by atoms with van der Waals surface area (Å²) in [6.45, 7) is 1.32. The van der Waals surface area contributed by atoms with E-state index in [0.29, 0.717) is 28.3 Å². The maximum atomic E-state index is 11.9. The first-order valence-electron chi connectivity index (χ1n) is 6.88. The summed E-state index contributed by atoms with van der Waals surface area (Å²) in [6.07, 6.45) is 3.86. The molecule has 126 valence electrons. The quantitative estimate of drug-likeness (QED) is 0.346. The van der Waals surface area contributed by atoms with Crippen LogP contribution in [-0.2, 0) is 9.53 Å². The summed E-state index contributed by atoms with van der Waals surface area (Å²) < 4.78 is 4.94. The molecule has 0 radical (unpaired) electrons. The highest BCUT2D eigenvalue weighted by Crippen LogP contribution is 2.22. The van der Waals surface area contributed by atoms with Crippen LogP contribution in [0.1, 0.15) is 12.0 Å². The van der Waals surface area contributed by atoms with Gasteiger partial charge in [-0.05, 0) is 42.4 Å². The van der Waals surface area contributed by atoms with Crippen LogP contribution in [0.15, 0.2) is 24.3 Å². The maximum absolute atomic E-state index is 11.9. The molecule has 1 aromatic carbocycles. The molecule has 23 heavy (non-hydrogen) atoms. The Balaban J connectivity index is 2.43. The van der Waals surface area contributed by atoms with Crippen molar-refractivity contribution < 1.29 is 9.53 Å². The van der Waals surface area contributed by atoms with Crippen LogP contribution in [0, 0.1) is 0 Å². The number of hydrazine groups is 1. The average molecular weight is 376 g/mol. The Kier molecular flexibility index (Phi) is 8.94. The number of amides is 1. The van der Waals surface area contributed by atoms with Gasteiger partial charge in [0.1, 0.15) is 0 Å². The Bertz CT molecular complexity index is 582. The molecule has 8 heteroatoms. The topological polar surface area (TPSA) is 53.6 Å². The number of rotatable bonds is 6. The number of hydrogen-bond acceptors (Lipinski definition) is 3. The smallest absolute Gasteiger partial charge is 0.262 e. The van der Waals surface area contributed by atoms with E-state index >= 15 is 0 Å². The van der Waals surface area contributed by atoms with Gasteiger partial charge in [-0.2, -0.15) is 0 Å². The lowest BCUT2D eigenvalue weighted by Crippen LogP contribution is -2.47. The molecule has 1 rings (SSSR count). The molecule has 0 aliphatic heterocycles.